The monoisotopic (exact) mass is 328 g/mol. The number of hydrogen-bond donors (Lipinski definition) is 1. The van der Waals surface area contributed by atoms with Gasteiger partial charge < -0.3 is 15.2 Å². The first-order valence-corrected chi connectivity index (χ1v) is 7.78. The molecular weight excluding hydrogens is 308 g/mol. The Morgan fingerprint density at radius 1 is 1.33 bits per heavy atom. The van der Waals surface area contributed by atoms with Crippen molar-refractivity contribution in [2.24, 2.45) is 12.8 Å². The van der Waals surface area contributed by atoms with Crippen molar-refractivity contribution in [3.8, 4) is 0 Å². The molecule has 2 N–H and O–H groups in total. The summed E-state index contributed by atoms with van der Waals surface area (Å²) in [6, 6.07) is 1.55. The van der Waals surface area contributed by atoms with Gasteiger partial charge in [0.15, 0.2) is 11.6 Å². The summed E-state index contributed by atoms with van der Waals surface area (Å²) in [6.07, 6.45) is 4.87. The van der Waals surface area contributed by atoms with E-state index in [1.54, 1.807) is 41.9 Å². The van der Waals surface area contributed by atoms with E-state index >= 15 is 0 Å². The lowest BCUT2D eigenvalue weighted by atomic mass is 9.97. The lowest BCUT2D eigenvalue weighted by Gasteiger charge is -2.33. The van der Waals surface area contributed by atoms with Gasteiger partial charge in [-0.3, -0.25) is 9.59 Å². The molecule has 0 aliphatic carbocycles. The lowest BCUT2D eigenvalue weighted by Crippen LogP contribution is -2.45. The molecule has 3 heterocycles. The predicted molar refractivity (Wildman–Crippen MR) is 86.1 cm³/mol. The van der Waals surface area contributed by atoms with E-state index in [0.29, 0.717) is 30.3 Å². The largest absolute Gasteiger partial charge is 0.364 e. The number of aryl methyl sites for hydroxylation is 2. The number of carbonyl (C=O) groups excluding carboxylic acids is 2. The van der Waals surface area contributed by atoms with Crippen LogP contribution in [0.3, 0.4) is 0 Å². The molecule has 2 aromatic rings. The Bertz CT molecular complexity index is 815. The summed E-state index contributed by atoms with van der Waals surface area (Å²) in [6.45, 7) is 4.28. The van der Waals surface area contributed by atoms with Crippen LogP contribution in [-0.2, 0) is 12.6 Å². The molecule has 1 unspecified atom stereocenters. The van der Waals surface area contributed by atoms with E-state index < -0.39 is 11.4 Å². The summed E-state index contributed by atoms with van der Waals surface area (Å²) < 4.78 is 1.69. The molecule has 8 heteroatoms. The van der Waals surface area contributed by atoms with E-state index in [0.717, 1.165) is 6.42 Å². The fourth-order valence-electron chi connectivity index (χ4n) is 3.15. The molecular formula is C16H20N6O2. The second-order valence-electron chi connectivity index (χ2n) is 6.28. The average molecular weight is 328 g/mol. The van der Waals surface area contributed by atoms with Gasteiger partial charge in [0.25, 0.3) is 11.8 Å². The van der Waals surface area contributed by atoms with Crippen LogP contribution in [0.2, 0.25) is 0 Å². The molecule has 1 atom stereocenters. The van der Waals surface area contributed by atoms with Crippen molar-refractivity contribution in [3.05, 3.63) is 41.5 Å². The molecule has 24 heavy (non-hydrogen) atoms. The topological polar surface area (TPSA) is 107 Å². The Morgan fingerprint density at radius 3 is 2.71 bits per heavy atom. The Morgan fingerprint density at radius 2 is 2.08 bits per heavy atom. The van der Waals surface area contributed by atoms with Crippen molar-refractivity contribution in [2.45, 2.75) is 32.2 Å². The van der Waals surface area contributed by atoms with Crippen LogP contribution in [0.5, 0.6) is 0 Å². The molecule has 0 aromatic carbocycles. The number of aromatic nitrogens is 4. The van der Waals surface area contributed by atoms with E-state index in [1.165, 1.54) is 0 Å². The fourth-order valence-corrected chi connectivity index (χ4v) is 3.15. The number of nitrogens with two attached hydrogens (primary N) is 1. The minimum absolute atomic E-state index is 0.162. The maximum Gasteiger partial charge on any atom is 0.290 e. The lowest BCUT2D eigenvalue weighted by molar-refractivity contribution is 0.0587. The van der Waals surface area contributed by atoms with Crippen molar-refractivity contribution in [3.63, 3.8) is 0 Å². The van der Waals surface area contributed by atoms with Gasteiger partial charge in [-0.05, 0) is 32.8 Å². The SMILES string of the molecule is Cc1cc(C(N)=O)nc(C2(C)CCCN2C(=O)c2nccn2C)n1. The van der Waals surface area contributed by atoms with Gasteiger partial charge in [-0.1, -0.05) is 0 Å². The molecule has 2 amide bonds. The molecule has 0 bridgehead atoms. The van der Waals surface area contributed by atoms with Crippen LogP contribution < -0.4 is 5.73 Å². The van der Waals surface area contributed by atoms with Crippen molar-refractivity contribution in [1.29, 1.82) is 0 Å². The second-order valence-corrected chi connectivity index (χ2v) is 6.28. The number of carbonyl (C=O) groups is 2. The van der Waals surface area contributed by atoms with Gasteiger partial charge in [-0.25, -0.2) is 15.0 Å². The van der Waals surface area contributed by atoms with Crippen LogP contribution in [0.1, 0.15) is 52.4 Å². The number of rotatable bonds is 3. The van der Waals surface area contributed by atoms with Gasteiger partial charge in [0, 0.05) is 31.7 Å². The van der Waals surface area contributed by atoms with E-state index in [2.05, 4.69) is 15.0 Å². The highest BCUT2D eigenvalue weighted by Crippen LogP contribution is 2.37. The minimum atomic E-state index is -0.695. The van der Waals surface area contributed by atoms with Gasteiger partial charge >= 0.3 is 0 Å². The van der Waals surface area contributed by atoms with E-state index in [1.807, 2.05) is 6.92 Å². The second kappa shape index (κ2) is 5.70. The highest BCUT2D eigenvalue weighted by atomic mass is 16.2. The van der Waals surface area contributed by atoms with Crippen molar-refractivity contribution in [2.75, 3.05) is 6.54 Å². The van der Waals surface area contributed by atoms with Crippen LogP contribution >= 0.6 is 0 Å². The normalized spacial score (nSPS) is 20.4. The first-order chi connectivity index (χ1) is 11.3. The number of nitrogens with zero attached hydrogens (tertiary/aromatic N) is 5. The minimum Gasteiger partial charge on any atom is -0.364 e. The first kappa shape index (κ1) is 16.1. The summed E-state index contributed by atoms with van der Waals surface area (Å²) in [4.78, 5) is 39.1. The van der Waals surface area contributed by atoms with Crippen LogP contribution in [0.15, 0.2) is 18.5 Å². The highest BCUT2D eigenvalue weighted by Gasteiger charge is 2.44. The highest BCUT2D eigenvalue weighted by molar-refractivity contribution is 5.92. The summed E-state index contributed by atoms with van der Waals surface area (Å²) in [5.41, 5.74) is 5.47. The number of likely N-dealkylation sites (tertiary alicyclic amines) is 1. The Kier molecular flexibility index (Phi) is 3.82. The Labute approximate surface area is 139 Å². The number of hydrogen-bond acceptors (Lipinski definition) is 5. The number of amides is 2. The summed E-state index contributed by atoms with van der Waals surface area (Å²) in [7, 11) is 1.78. The Hall–Kier alpha value is -2.77. The van der Waals surface area contributed by atoms with Crippen LogP contribution in [0, 0.1) is 6.92 Å². The van der Waals surface area contributed by atoms with Gasteiger partial charge in [0.1, 0.15) is 11.2 Å². The Balaban J connectivity index is 2.04. The third kappa shape index (κ3) is 2.53. The van der Waals surface area contributed by atoms with Crippen molar-refractivity contribution < 1.29 is 9.59 Å². The molecule has 1 aliphatic heterocycles. The van der Waals surface area contributed by atoms with Gasteiger partial charge in [0.2, 0.25) is 0 Å². The first-order valence-electron chi connectivity index (χ1n) is 7.78. The van der Waals surface area contributed by atoms with Crippen molar-refractivity contribution in [1.82, 2.24) is 24.4 Å². The molecule has 3 rings (SSSR count). The van der Waals surface area contributed by atoms with E-state index in [9.17, 15) is 9.59 Å². The fraction of sp³-hybridized carbons (Fsp3) is 0.438. The zero-order chi connectivity index (χ0) is 17.5. The third-order valence-electron chi connectivity index (χ3n) is 4.49. The molecule has 1 aliphatic rings. The van der Waals surface area contributed by atoms with Gasteiger partial charge in [-0.2, -0.15) is 0 Å². The third-order valence-corrected chi connectivity index (χ3v) is 4.49. The molecule has 8 nitrogen and oxygen atoms in total. The molecule has 1 fully saturated rings. The predicted octanol–water partition coefficient (Wildman–Crippen LogP) is 0.769. The molecule has 1 saturated heterocycles. The van der Waals surface area contributed by atoms with Gasteiger partial charge in [-0.15, -0.1) is 0 Å². The molecule has 0 radical (unpaired) electrons. The van der Waals surface area contributed by atoms with Crippen LogP contribution in [0.25, 0.3) is 0 Å². The quantitative estimate of drug-likeness (QED) is 0.895. The standard InChI is InChI=1S/C16H20N6O2/c1-10-9-11(12(17)23)20-15(19-10)16(2)5-4-7-22(16)14(24)13-18-6-8-21(13)3/h6,8-9H,4-5,7H2,1-3H3,(H2,17,23). The zero-order valence-corrected chi connectivity index (χ0v) is 14.0. The molecule has 2 aromatic heterocycles. The maximum absolute atomic E-state index is 12.9. The molecule has 0 saturated carbocycles. The number of imidazole rings is 1. The van der Waals surface area contributed by atoms with Gasteiger partial charge in [0.05, 0.1) is 0 Å². The number of primary amides is 1. The zero-order valence-electron chi connectivity index (χ0n) is 14.0. The molecule has 0 spiro atoms. The maximum atomic E-state index is 12.9. The molecule has 126 valence electrons. The van der Waals surface area contributed by atoms with Crippen LogP contribution in [-0.4, -0.2) is 42.8 Å². The summed E-state index contributed by atoms with van der Waals surface area (Å²) in [5, 5.41) is 0. The van der Waals surface area contributed by atoms with E-state index in [4.69, 9.17) is 5.73 Å². The summed E-state index contributed by atoms with van der Waals surface area (Å²) in [5.74, 6) is 0.0285. The van der Waals surface area contributed by atoms with E-state index in [-0.39, 0.29) is 11.6 Å². The average Bonchev–Trinajstić information content (AvgIpc) is 3.13. The van der Waals surface area contributed by atoms with Crippen molar-refractivity contribution >= 4 is 11.8 Å². The smallest absolute Gasteiger partial charge is 0.290 e. The summed E-state index contributed by atoms with van der Waals surface area (Å²) >= 11 is 0. The van der Waals surface area contributed by atoms with Crippen LogP contribution in [0.4, 0.5) is 0 Å².